The van der Waals surface area contributed by atoms with Crippen LogP contribution >= 0.6 is 0 Å². The summed E-state index contributed by atoms with van der Waals surface area (Å²) in [6.45, 7) is 1.06. The smallest absolute Gasteiger partial charge is 0.0503 e. The average molecular weight is 215 g/mol. The van der Waals surface area contributed by atoms with Crippen LogP contribution in [0.4, 0.5) is 0 Å². The highest BCUT2D eigenvalue weighted by molar-refractivity contribution is 5.83. The van der Waals surface area contributed by atoms with Crippen molar-refractivity contribution in [1.82, 2.24) is 10.3 Å². The van der Waals surface area contributed by atoms with Crippen molar-refractivity contribution < 1.29 is 0 Å². The van der Waals surface area contributed by atoms with Gasteiger partial charge in [-0.2, -0.15) is 0 Å². The third kappa shape index (κ3) is 1.52. The molecule has 1 aliphatic heterocycles. The number of H-pyrrole nitrogens is 1. The predicted octanol–water partition coefficient (Wildman–Crippen LogP) is 1.92. The van der Waals surface area contributed by atoms with Gasteiger partial charge < -0.3 is 16.0 Å². The van der Waals surface area contributed by atoms with E-state index in [1.165, 1.54) is 22.9 Å². The van der Waals surface area contributed by atoms with E-state index < -0.39 is 0 Å². The minimum atomic E-state index is 0.225. The molecule has 0 radical (unpaired) electrons. The van der Waals surface area contributed by atoms with E-state index >= 15 is 0 Å². The summed E-state index contributed by atoms with van der Waals surface area (Å²) in [7, 11) is 0. The minimum Gasteiger partial charge on any atom is -0.361 e. The molecule has 0 spiro atoms. The molecule has 16 heavy (non-hydrogen) atoms. The number of aromatic nitrogens is 1. The van der Waals surface area contributed by atoms with Crippen LogP contribution in [0.25, 0.3) is 10.9 Å². The number of piperidine rings is 1. The molecule has 0 saturated carbocycles. The van der Waals surface area contributed by atoms with Crippen LogP contribution in [-0.2, 0) is 0 Å². The Labute approximate surface area is 95.0 Å². The number of fused-ring (bicyclic) bond motifs is 1. The topological polar surface area (TPSA) is 53.8 Å². The Kier molecular flexibility index (Phi) is 2.42. The zero-order valence-corrected chi connectivity index (χ0v) is 9.24. The monoisotopic (exact) mass is 215 g/mol. The number of benzene rings is 1. The molecular formula is C13H17N3. The molecule has 3 heteroatoms. The second kappa shape index (κ2) is 3.92. The lowest BCUT2D eigenvalue weighted by atomic mass is 9.92. The van der Waals surface area contributed by atoms with E-state index in [-0.39, 0.29) is 12.1 Å². The number of para-hydroxylation sites is 1. The molecule has 0 bridgehead atoms. The van der Waals surface area contributed by atoms with Crippen molar-refractivity contribution in [1.29, 1.82) is 0 Å². The van der Waals surface area contributed by atoms with E-state index in [0.717, 1.165) is 13.0 Å². The molecule has 1 aromatic heterocycles. The molecule has 0 amide bonds. The summed E-state index contributed by atoms with van der Waals surface area (Å²) < 4.78 is 0. The molecule has 2 atom stereocenters. The summed E-state index contributed by atoms with van der Waals surface area (Å²) in [5.41, 5.74) is 8.71. The zero-order chi connectivity index (χ0) is 11.0. The molecule has 3 nitrogen and oxygen atoms in total. The number of nitrogens with two attached hydrogens (primary N) is 1. The van der Waals surface area contributed by atoms with Gasteiger partial charge in [-0.1, -0.05) is 18.2 Å². The van der Waals surface area contributed by atoms with Gasteiger partial charge in [0.2, 0.25) is 0 Å². The Morgan fingerprint density at radius 1 is 1.25 bits per heavy atom. The van der Waals surface area contributed by atoms with E-state index in [9.17, 15) is 0 Å². The number of hydrogen-bond donors (Lipinski definition) is 3. The van der Waals surface area contributed by atoms with Crippen molar-refractivity contribution in [2.75, 3.05) is 6.54 Å². The summed E-state index contributed by atoms with van der Waals surface area (Å²) in [6.07, 6.45) is 4.27. The predicted molar refractivity (Wildman–Crippen MR) is 66.3 cm³/mol. The summed E-state index contributed by atoms with van der Waals surface area (Å²) >= 11 is 0. The van der Waals surface area contributed by atoms with Crippen molar-refractivity contribution in [3.8, 4) is 0 Å². The van der Waals surface area contributed by atoms with E-state index in [0.29, 0.717) is 0 Å². The lowest BCUT2D eigenvalue weighted by Gasteiger charge is -2.30. The van der Waals surface area contributed by atoms with Crippen molar-refractivity contribution in [2.24, 2.45) is 5.73 Å². The molecule has 2 aromatic rings. The summed E-state index contributed by atoms with van der Waals surface area (Å²) in [6, 6.07) is 9.02. The lowest BCUT2D eigenvalue weighted by Crippen LogP contribution is -2.42. The molecule has 2 unspecified atom stereocenters. The van der Waals surface area contributed by atoms with Gasteiger partial charge in [0.25, 0.3) is 0 Å². The van der Waals surface area contributed by atoms with Crippen molar-refractivity contribution in [3.63, 3.8) is 0 Å². The van der Waals surface area contributed by atoms with E-state index in [1.807, 2.05) is 6.20 Å². The maximum atomic E-state index is 6.19. The van der Waals surface area contributed by atoms with Gasteiger partial charge in [-0.05, 0) is 36.4 Å². The highest BCUT2D eigenvalue weighted by Crippen LogP contribution is 2.27. The van der Waals surface area contributed by atoms with Crippen LogP contribution in [-0.4, -0.2) is 17.6 Å². The Hall–Kier alpha value is -1.32. The fraction of sp³-hybridized carbons (Fsp3) is 0.385. The van der Waals surface area contributed by atoms with Gasteiger partial charge in [0.05, 0.1) is 5.52 Å². The maximum Gasteiger partial charge on any atom is 0.0503 e. The van der Waals surface area contributed by atoms with Crippen molar-refractivity contribution in [2.45, 2.75) is 24.9 Å². The highest BCUT2D eigenvalue weighted by Gasteiger charge is 2.24. The van der Waals surface area contributed by atoms with Gasteiger partial charge in [0, 0.05) is 18.3 Å². The summed E-state index contributed by atoms with van der Waals surface area (Å²) in [4.78, 5) is 3.31. The number of rotatable bonds is 1. The SMILES string of the molecule is NC1CCCNC1c1cccc2cc[nH]c12. The normalized spacial score (nSPS) is 26.1. The van der Waals surface area contributed by atoms with Crippen LogP contribution in [0.1, 0.15) is 24.4 Å². The second-order valence-corrected chi connectivity index (χ2v) is 4.53. The molecule has 1 aromatic carbocycles. The molecule has 84 valence electrons. The fourth-order valence-corrected chi connectivity index (χ4v) is 2.62. The van der Waals surface area contributed by atoms with Gasteiger partial charge in [-0.3, -0.25) is 0 Å². The molecule has 0 aliphatic carbocycles. The third-order valence-corrected chi connectivity index (χ3v) is 3.46. The molecule has 4 N–H and O–H groups in total. The molecule has 1 fully saturated rings. The van der Waals surface area contributed by atoms with Crippen LogP contribution < -0.4 is 11.1 Å². The molecule has 2 heterocycles. The van der Waals surface area contributed by atoms with Gasteiger partial charge >= 0.3 is 0 Å². The van der Waals surface area contributed by atoms with Crippen LogP contribution in [0, 0.1) is 0 Å². The molecule has 3 rings (SSSR count). The van der Waals surface area contributed by atoms with E-state index in [1.54, 1.807) is 0 Å². The van der Waals surface area contributed by atoms with Crippen molar-refractivity contribution in [3.05, 3.63) is 36.0 Å². The largest absolute Gasteiger partial charge is 0.361 e. The van der Waals surface area contributed by atoms with Crippen molar-refractivity contribution >= 4 is 10.9 Å². The van der Waals surface area contributed by atoms with E-state index in [4.69, 9.17) is 5.73 Å². The number of aromatic amines is 1. The number of nitrogens with one attached hydrogen (secondary N) is 2. The van der Waals surface area contributed by atoms with Gasteiger partial charge in [0.15, 0.2) is 0 Å². The minimum absolute atomic E-state index is 0.225. The molecular weight excluding hydrogens is 198 g/mol. The molecule has 1 aliphatic rings. The quantitative estimate of drug-likeness (QED) is 0.680. The first-order chi connectivity index (χ1) is 7.86. The van der Waals surface area contributed by atoms with Gasteiger partial charge in [-0.15, -0.1) is 0 Å². The van der Waals surface area contributed by atoms with Crippen LogP contribution in [0.15, 0.2) is 30.5 Å². The maximum absolute atomic E-state index is 6.19. The average Bonchev–Trinajstić information content (AvgIpc) is 2.77. The Bertz CT molecular complexity index is 489. The van der Waals surface area contributed by atoms with Crippen LogP contribution in [0.3, 0.4) is 0 Å². The summed E-state index contributed by atoms with van der Waals surface area (Å²) in [5.74, 6) is 0. The first-order valence-electron chi connectivity index (χ1n) is 5.91. The Balaban J connectivity index is 2.07. The zero-order valence-electron chi connectivity index (χ0n) is 9.24. The Morgan fingerprint density at radius 3 is 3.06 bits per heavy atom. The van der Waals surface area contributed by atoms with Crippen LogP contribution in [0.2, 0.25) is 0 Å². The highest BCUT2D eigenvalue weighted by atomic mass is 15.0. The van der Waals surface area contributed by atoms with Gasteiger partial charge in [0.1, 0.15) is 0 Å². The Morgan fingerprint density at radius 2 is 2.19 bits per heavy atom. The van der Waals surface area contributed by atoms with Crippen LogP contribution in [0.5, 0.6) is 0 Å². The number of hydrogen-bond acceptors (Lipinski definition) is 2. The second-order valence-electron chi connectivity index (χ2n) is 4.53. The fourth-order valence-electron chi connectivity index (χ4n) is 2.62. The first-order valence-corrected chi connectivity index (χ1v) is 5.91. The van der Waals surface area contributed by atoms with E-state index in [2.05, 4.69) is 34.6 Å². The lowest BCUT2D eigenvalue weighted by molar-refractivity contribution is 0.360. The summed E-state index contributed by atoms with van der Waals surface area (Å²) in [5, 5.41) is 4.78. The molecule has 1 saturated heterocycles. The standard InChI is InChI=1S/C13H17N3/c14-11-5-2-7-15-13(11)10-4-1-3-9-6-8-16-12(9)10/h1,3-4,6,8,11,13,15-16H,2,5,7,14H2. The third-order valence-electron chi connectivity index (χ3n) is 3.46. The van der Waals surface area contributed by atoms with Gasteiger partial charge in [-0.25, -0.2) is 0 Å². The first kappa shape index (κ1) is 9.87.